The highest BCUT2D eigenvalue weighted by atomic mass is 35.5. The molecule has 0 bridgehead atoms. The second kappa shape index (κ2) is 7.82. The molecule has 140 valence electrons. The molecule has 0 spiro atoms. The summed E-state index contributed by atoms with van der Waals surface area (Å²) >= 11 is 6.02. The third kappa shape index (κ3) is 3.64. The Balaban J connectivity index is 1.69. The van der Waals surface area contributed by atoms with Gasteiger partial charge in [0, 0.05) is 40.8 Å². The van der Waals surface area contributed by atoms with Crippen LogP contribution >= 0.6 is 11.6 Å². The van der Waals surface area contributed by atoms with Crippen molar-refractivity contribution in [3.8, 4) is 0 Å². The largest absolute Gasteiger partial charge is 0.383 e. The Morgan fingerprint density at radius 1 is 1.11 bits per heavy atom. The molecule has 0 saturated carbocycles. The van der Waals surface area contributed by atoms with Crippen LogP contribution in [0.2, 0.25) is 5.02 Å². The van der Waals surface area contributed by atoms with Crippen molar-refractivity contribution in [2.75, 3.05) is 26.3 Å². The van der Waals surface area contributed by atoms with Gasteiger partial charge in [-0.2, -0.15) is 0 Å². The molecule has 2 atom stereocenters. The van der Waals surface area contributed by atoms with E-state index in [0.29, 0.717) is 36.9 Å². The van der Waals surface area contributed by atoms with Crippen molar-refractivity contribution < 1.29 is 14.6 Å². The number of ketones is 1. The zero-order valence-corrected chi connectivity index (χ0v) is 15.5. The number of aromatic amines is 1. The number of hydrogen-bond acceptors (Lipinski definition) is 4. The number of nitrogens with zero attached hydrogens (tertiary/aromatic N) is 1. The highest BCUT2D eigenvalue weighted by molar-refractivity contribution is 6.30. The summed E-state index contributed by atoms with van der Waals surface area (Å²) in [6.07, 6.45) is 0.484. The number of para-hydroxylation sites is 1. The number of fused-ring (bicyclic) bond motifs is 1. The number of hydrogen-bond donors (Lipinski definition) is 2. The summed E-state index contributed by atoms with van der Waals surface area (Å²) in [4.78, 5) is 18.4. The van der Waals surface area contributed by atoms with Gasteiger partial charge in [0.15, 0.2) is 5.78 Å². The lowest BCUT2D eigenvalue weighted by atomic mass is 9.93. The summed E-state index contributed by atoms with van der Waals surface area (Å²) < 4.78 is 5.44. The van der Waals surface area contributed by atoms with E-state index in [1.807, 2.05) is 36.4 Å². The molecule has 1 fully saturated rings. The van der Waals surface area contributed by atoms with Gasteiger partial charge in [-0.3, -0.25) is 9.69 Å². The fourth-order valence-electron chi connectivity index (χ4n) is 3.69. The molecule has 0 unspecified atom stereocenters. The van der Waals surface area contributed by atoms with Crippen LogP contribution in [-0.4, -0.2) is 53.2 Å². The Morgan fingerprint density at radius 3 is 2.56 bits per heavy atom. The summed E-state index contributed by atoms with van der Waals surface area (Å²) in [6.45, 7) is 2.48. The number of carbonyl (C=O) groups is 1. The van der Waals surface area contributed by atoms with E-state index in [1.165, 1.54) is 0 Å². The van der Waals surface area contributed by atoms with E-state index < -0.39 is 12.1 Å². The quantitative estimate of drug-likeness (QED) is 0.661. The Hall–Kier alpha value is -2.18. The van der Waals surface area contributed by atoms with Crippen LogP contribution < -0.4 is 0 Å². The van der Waals surface area contributed by atoms with Gasteiger partial charge >= 0.3 is 0 Å². The zero-order valence-electron chi connectivity index (χ0n) is 14.8. The van der Waals surface area contributed by atoms with E-state index in [9.17, 15) is 9.90 Å². The maximum Gasteiger partial charge on any atom is 0.195 e. The Labute approximate surface area is 162 Å². The molecular weight excluding hydrogens is 364 g/mol. The van der Waals surface area contributed by atoms with Crippen molar-refractivity contribution in [2.24, 2.45) is 0 Å². The minimum atomic E-state index is -1.19. The van der Waals surface area contributed by atoms with Gasteiger partial charge < -0.3 is 14.8 Å². The maximum atomic E-state index is 13.2. The molecule has 2 aromatic carbocycles. The fourth-order valence-corrected chi connectivity index (χ4v) is 3.81. The molecule has 27 heavy (non-hydrogen) atoms. The van der Waals surface area contributed by atoms with Gasteiger partial charge in [0.05, 0.1) is 19.3 Å². The van der Waals surface area contributed by atoms with Crippen molar-refractivity contribution in [2.45, 2.75) is 12.1 Å². The number of rotatable bonds is 5. The smallest absolute Gasteiger partial charge is 0.195 e. The lowest BCUT2D eigenvalue weighted by Gasteiger charge is -2.37. The van der Waals surface area contributed by atoms with E-state index in [4.69, 9.17) is 16.3 Å². The molecule has 0 amide bonds. The van der Waals surface area contributed by atoms with E-state index >= 15 is 0 Å². The molecule has 3 aromatic rings. The summed E-state index contributed by atoms with van der Waals surface area (Å²) in [6, 6.07) is 14.5. The lowest BCUT2D eigenvalue weighted by molar-refractivity contribution is -0.0172. The van der Waals surface area contributed by atoms with Crippen molar-refractivity contribution in [3.63, 3.8) is 0 Å². The normalized spacial score (nSPS) is 17.7. The zero-order chi connectivity index (χ0) is 18.8. The molecule has 6 heteroatoms. The van der Waals surface area contributed by atoms with Crippen LogP contribution in [-0.2, 0) is 4.74 Å². The first-order valence-electron chi connectivity index (χ1n) is 9.01. The molecule has 5 nitrogen and oxygen atoms in total. The summed E-state index contributed by atoms with van der Waals surface area (Å²) in [7, 11) is 0. The highest BCUT2D eigenvalue weighted by Crippen LogP contribution is 2.30. The second-order valence-corrected chi connectivity index (χ2v) is 7.14. The third-order valence-electron chi connectivity index (χ3n) is 5.07. The Bertz CT molecular complexity index is 932. The number of halogens is 1. The standard InChI is InChI=1S/C21H21ClN2O3/c22-15-7-5-14(6-8-15)19(24-9-11-27-12-10-24)21(26)20(25)17-13-23-18-4-2-1-3-16(17)18/h1-8,13,19,21,23,26H,9-12H2/t19-,21+/m1/s1. The molecule has 2 N–H and O–H groups in total. The van der Waals surface area contributed by atoms with Crippen molar-refractivity contribution >= 4 is 28.3 Å². The number of aliphatic hydroxyl groups excluding tert-OH is 1. The highest BCUT2D eigenvalue weighted by Gasteiger charge is 2.34. The van der Waals surface area contributed by atoms with Crippen LogP contribution in [0.15, 0.2) is 54.7 Å². The molecule has 2 heterocycles. The van der Waals surface area contributed by atoms with Gasteiger partial charge in [0.25, 0.3) is 0 Å². The van der Waals surface area contributed by atoms with Gasteiger partial charge in [0.2, 0.25) is 0 Å². The van der Waals surface area contributed by atoms with Gasteiger partial charge in [-0.15, -0.1) is 0 Å². The van der Waals surface area contributed by atoms with E-state index in [0.717, 1.165) is 16.5 Å². The number of H-pyrrole nitrogens is 1. The van der Waals surface area contributed by atoms with Crippen LogP contribution in [0.1, 0.15) is 22.0 Å². The molecule has 1 aromatic heterocycles. The predicted molar refractivity (Wildman–Crippen MR) is 105 cm³/mol. The van der Waals surface area contributed by atoms with E-state index in [2.05, 4.69) is 9.88 Å². The number of benzene rings is 2. The van der Waals surface area contributed by atoms with Crippen LogP contribution in [0.3, 0.4) is 0 Å². The number of aromatic nitrogens is 1. The van der Waals surface area contributed by atoms with Crippen LogP contribution in [0.4, 0.5) is 0 Å². The third-order valence-corrected chi connectivity index (χ3v) is 5.32. The first kappa shape index (κ1) is 18.2. The Morgan fingerprint density at radius 2 is 1.81 bits per heavy atom. The fraction of sp³-hybridized carbons (Fsp3) is 0.286. The molecule has 1 aliphatic rings. The number of aliphatic hydroxyl groups is 1. The van der Waals surface area contributed by atoms with E-state index in [1.54, 1.807) is 18.3 Å². The number of nitrogens with one attached hydrogen (secondary N) is 1. The van der Waals surface area contributed by atoms with Crippen LogP contribution in [0, 0.1) is 0 Å². The summed E-state index contributed by atoms with van der Waals surface area (Å²) in [5.74, 6) is -0.293. The lowest BCUT2D eigenvalue weighted by Crippen LogP contribution is -2.46. The van der Waals surface area contributed by atoms with Gasteiger partial charge in [-0.05, 0) is 23.8 Å². The summed E-state index contributed by atoms with van der Waals surface area (Å²) in [5.41, 5.74) is 2.25. The van der Waals surface area contributed by atoms with Crippen molar-refractivity contribution in [1.82, 2.24) is 9.88 Å². The molecule has 0 radical (unpaired) electrons. The first-order valence-corrected chi connectivity index (χ1v) is 9.38. The molecule has 4 rings (SSSR count). The van der Waals surface area contributed by atoms with Crippen LogP contribution in [0.5, 0.6) is 0 Å². The molecular formula is C21H21ClN2O3. The van der Waals surface area contributed by atoms with Crippen LogP contribution in [0.25, 0.3) is 10.9 Å². The SMILES string of the molecule is O=C(c1c[nH]c2ccccc12)[C@@H](O)[C@@H](c1ccc(Cl)cc1)N1CCOCC1. The number of Topliss-reactive ketones (excluding diaryl/α,β-unsaturated/α-hetero) is 1. The number of morpholine rings is 1. The van der Waals surface area contributed by atoms with Crippen molar-refractivity contribution in [3.05, 3.63) is 70.9 Å². The summed E-state index contributed by atoms with van der Waals surface area (Å²) in [5, 5.41) is 12.5. The van der Waals surface area contributed by atoms with Crippen molar-refractivity contribution in [1.29, 1.82) is 0 Å². The molecule has 1 saturated heterocycles. The second-order valence-electron chi connectivity index (χ2n) is 6.70. The Kier molecular flexibility index (Phi) is 5.27. The van der Waals surface area contributed by atoms with E-state index in [-0.39, 0.29) is 5.78 Å². The number of carbonyl (C=O) groups excluding carboxylic acids is 1. The number of ether oxygens (including phenoxy) is 1. The predicted octanol–water partition coefficient (Wildman–Crippen LogP) is 3.44. The monoisotopic (exact) mass is 384 g/mol. The molecule has 1 aliphatic heterocycles. The maximum absolute atomic E-state index is 13.2. The first-order chi connectivity index (χ1) is 13.1. The van der Waals surface area contributed by atoms with Gasteiger partial charge in [0.1, 0.15) is 6.10 Å². The average molecular weight is 385 g/mol. The minimum Gasteiger partial charge on any atom is -0.383 e. The average Bonchev–Trinajstić information content (AvgIpc) is 3.14. The topological polar surface area (TPSA) is 65.6 Å². The molecule has 0 aliphatic carbocycles. The van der Waals surface area contributed by atoms with Gasteiger partial charge in [-0.25, -0.2) is 0 Å². The van der Waals surface area contributed by atoms with Gasteiger partial charge in [-0.1, -0.05) is 41.9 Å². The minimum absolute atomic E-state index is 0.293.